The highest BCUT2D eigenvalue weighted by atomic mass is 14.7. The van der Waals surface area contributed by atoms with E-state index in [-0.39, 0.29) is 5.41 Å². The number of benzene rings is 2. The SMILES string of the molecule is CC(C)(C)c1ccc2c(c1)c1cccnc1c1ncccc21. The van der Waals surface area contributed by atoms with Crippen molar-refractivity contribution in [2.75, 3.05) is 0 Å². The monoisotopic (exact) mass is 286 g/mol. The Hall–Kier alpha value is -2.48. The number of aromatic nitrogens is 2. The van der Waals surface area contributed by atoms with Gasteiger partial charge in [0.15, 0.2) is 0 Å². The predicted molar refractivity (Wildman–Crippen MR) is 93.3 cm³/mol. The van der Waals surface area contributed by atoms with Gasteiger partial charge in [0.25, 0.3) is 0 Å². The van der Waals surface area contributed by atoms with Gasteiger partial charge < -0.3 is 0 Å². The number of pyridine rings is 2. The summed E-state index contributed by atoms with van der Waals surface area (Å²) in [5, 5.41) is 4.85. The molecule has 0 N–H and O–H groups in total. The molecule has 0 aliphatic rings. The molecule has 0 atom stereocenters. The summed E-state index contributed by atoms with van der Waals surface area (Å²) in [6, 6.07) is 15.0. The lowest BCUT2D eigenvalue weighted by Crippen LogP contribution is -2.10. The second kappa shape index (κ2) is 4.51. The van der Waals surface area contributed by atoms with Crippen molar-refractivity contribution in [1.82, 2.24) is 9.97 Å². The van der Waals surface area contributed by atoms with Crippen LogP contribution < -0.4 is 0 Å². The Morgan fingerprint density at radius 1 is 0.682 bits per heavy atom. The van der Waals surface area contributed by atoms with E-state index in [0.717, 1.165) is 11.0 Å². The summed E-state index contributed by atoms with van der Waals surface area (Å²) >= 11 is 0. The average molecular weight is 286 g/mol. The predicted octanol–water partition coefficient (Wildman–Crippen LogP) is 5.23. The molecule has 0 aliphatic heterocycles. The summed E-state index contributed by atoms with van der Waals surface area (Å²) in [7, 11) is 0. The van der Waals surface area contributed by atoms with Gasteiger partial charge in [-0.15, -0.1) is 0 Å². The highest BCUT2D eigenvalue weighted by Gasteiger charge is 2.16. The maximum atomic E-state index is 4.59. The van der Waals surface area contributed by atoms with Crippen LogP contribution in [0, 0.1) is 0 Å². The van der Waals surface area contributed by atoms with Crippen LogP contribution in [0.25, 0.3) is 32.6 Å². The quantitative estimate of drug-likeness (QED) is 0.413. The highest BCUT2D eigenvalue weighted by molar-refractivity contribution is 6.22. The number of rotatable bonds is 0. The fourth-order valence-electron chi connectivity index (χ4n) is 3.09. The molecular weight excluding hydrogens is 268 g/mol. The van der Waals surface area contributed by atoms with Crippen LogP contribution in [0.3, 0.4) is 0 Å². The largest absolute Gasteiger partial charge is 0.254 e. The molecule has 4 aromatic rings. The molecule has 108 valence electrons. The van der Waals surface area contributed by atoms with E-state index in [9.17, 15) is 0 Å². The van der Waals surface area contributed by atoms with Crippen LogP contribution in [-0.2, 0) is 5.41 Å². The molecule has 4 rings (SSSR count). The molecule has 0 fully saturated rings. The van der Waals surface area contributed by atoms with Gasteiger partial charge in [0.05, 0.1) is 11.0 Å². The Morgan fingerprint density at radius 2 is 1.27 bits per heavy atom. The Bertz CT molecular complexity index is 975. The molecule has 0 spiro atoms. The van der Waals surface area contributed by atoms with Gasteiger partial charge in [-0.25, -0.2) is 0 Å². The fraction of sp³-hybridized carbons (Fsp3) is 0.200. The molecule has 0 aliphatic carbocycles. The molecule has 0 saturated carbocycles. The molecule has 22 heavy (non-hydrogen) atoms. The summed E-state index contributed by atoms with van der Waals surface area (Å²) in [5.41, 5.74) is 3.44. The third-order valence-corrected chi connectivity index (χ3v) is 4.31. The van der Waals surface area contributed by atoms with Gasteiger partial charge in [-0.3, -0.25) is 9.97 Å². The van der Waals surface area contributed by atoms with Crippen molar-refractivity contribution in [2.24, 2.45) is 0 Å². The van der Waals surface area contributed by atoms with Gasteiger partial charge in [0.2, 0.25) is 0 Å². The zero-order chi connectivity index (χ0) is 15.3. The molecule has 2 heterocycles. The lowest BCUT2D eigenvalue weighted by molar-refractivity contribution is 0.591. The number of fused-ring (bicyclic) bond motifs is 6. The maximum absolute atomic E-state index is 4.59. The van der Waals surface area contributed by atoms with Crippen molar-refractivity contribution < 1.29 is 0 Å². The number of nitrogens with zero attached hydrogens (tertiary/aromatic N) is 2. The molecule has 0 bridgehead atoms. The van der Waals surface area contributed by atoms with Gasteiger partial charge in [-0.1, -0.05) is 45.0 Å². The molecule has 0 unspecified atom stereocenters. The summed E-state index contributed by atoms with van der Waals surface area (Å²) in [6.07, 6.45) is 3.68. The van der Waals surface area contributed by atoms with Crippen molar-refractivity contribution >= 4 is 32.6 Å². The van der Waals surface area contributed by atoms with Crippen LogP contribution in [0.1, 0.15) is 26.3 Å². The van der Waals surface area contributed by atoms with E-state index in [1.807, 2.05) is 24.5 Å². The van der Waals surface area contributed by atoms with Gasteiger partial charge in [-0.2, -0.15) is 0 Å². The maximum Gasteiger partial charge on any atom is 0.0970 e. The van der Waals surface area contributed by atoms with Crippen molar-refractivity contribution in [1.29, 1.82) is 0 Å². The fourth-order valence-corrected chi connectivity index (χ4v) is 3.09. The number of hydrogen-bond acceptors (Lipinski definition) is 2. The first-order valence-corrected chi connectivity index (χ1v) is 7.61. The van der Waals surface area contributed by atoms with Gasteiger partial charge in [-0.05, 0) is 39.9 Å². The first-order chi connectivity index (χ1) is 10.6. The minimum atomic E-state index is 0.132. The van der Waals surface area contributed by atoms with Crippen LogP contribution in [-0.4, -0.2) is 9.97 Å². The van der Waals surface area contributed by atoms with E-state index in [0.29, 0.717) is 0 Å². The van der Waals surface area contributed by atoms with E-state index >= 15 is 0 Å². The molecule has 2 nitrogen and oxygen atoms in total. The summed E-state index contributed by atoms with van der Waals surface area (Å²) in [4.78, 5) is 9.16. The molecule has 0 radical (unpaired) electrons. The smallest absolute Gasteiger partial charge is 0.0970 e. The second-order valence-electron chi connectivity index (χ2n) is 6.81. The Balaban J connectivity index is 2.27. The van der Waals surface area contributed by atoms with Crippen LogP contribution in [0.2, 0.25) is 0 Å². The van der Waals surface area contributed by atoms with E-state index in [1.165, 1.54) is 27.1 Å². The minimum Gasteiger partial charge on any atom is -0.254 e. The molecule has 2 heteroatoms. The van der Waals surface area contributed by atoms with Crippen LogP contribution in [0.15, 0.2) is 54.9 Å². The average Bonchev–Trinajstić information content (AvgIpc) is 2.54. The zero-order valence-electron chi connectivity index (χ0n) is 13.1. The van der Waals surface area contributed by atoms with E-state index in [1.54, 1.807) is 0 Å². The normalized spacial score (nSPS) is 12.3. The van der Waals surface area contributed by atoms with Crippen molar-refractivity contribution in [3.63, 3.8) is 0 Å². The number of hydrogen-bond donors (Lipinski definition) is 0. The Morgan fingerprint density at radius 3 is 1.86 bits per heavy atom. The Kier molecular flexibility index (Phi) is 2.70. The highest BCUT2D eigenvalue weighted by Crippen LogP contribution is 2.35. The molecular formula is C20H18N2. The summed E-state index contributed by atoms with van der Waals surface area (Å²) in [6.45, 7) is 6.74. The standard InChI is InChI=1S/C20H18N2/c1-20(2,3)13-8-9-14-15-6-4-10-21-18(15)19-16(17(14)12-13)7-5-11-22-19/h4-12H,1-3H3. The van der Waals surface area contributed by atoms with E-state index in [4.69, 9.17) is 0 Å². The first-order valence-electron chi connectivity index (χ1n) is 7.61. The van der Waals surface area contributed by atoms with Gasteiger partial charge in [0.1, 0.15) is 0 Å². The van der Waals surface area contributed by atoms with Crippen LogP contribution >= 0.6 is 0 Å². The lowest BCUT2D eigenvalue weighted by Gasteiger charge is -2.20. The molecule has 0 amide bonds. The molecule has 0 saturated heterocycles. The lowest BCUT2D eigenvalue weighted by atomic mass is 9.85. The minimum absolute atomic E-state index is 0.132. The van der Waals surface area contributed by atoms with E-state index in [2.05, 4.69) is 61.1 Å². The molecule has 2 aromatic heterocycles. The topological polar surface area (TPSA) is 25.8 Å². The van der Waals surface area contributed by atoms with Crippen molar-refractivity contribution in [3.8, 4) is 0 Å². The third-order valence-electron chi connectivity index (χ3n) is 4.31. The first kappa shape index (κ1) is 13.2. The van der Waals surface area contributed by atoms with Crippen molar-refractivity contribution in [3.05, 3.63) is 60.4 Å². The zero-order valence-corrected chi connectivity index (χ0v) is 13.1. The summed E-state index contributed by atoms with van der Waals surface area (Å²) in [5.74, 6) is 0. The van der Waals surface area contributed by atoms with Crippen molar-refractivity contribution in [2.45, 2.75) is 26.2 Å². The van der Waals surface area contributed by atoms with Crippen LogP contribution in [0.5, 0.6) is 0 Å². The van der Waals surface area contributed by atoms with Crippen LogP contribution in [0.4, 0.5) is 0 Å². The Labute approximate surface area is 129 Å². The second-order valence-corrected chi connectivity index (χ2v) is 6.81. The van der Waals surface area contributed by atoms with Gasteiger partial charge in [0, 0.05) is 23.2 Å². The van der Waals surface area contributed by atoms with E-state index < -0.39 is 0 Å². The summed E-state index contributed by atoms with van der Waals surface area (Å²) < 4.78 is 0. The molecule has 2 aromatic carbocycles. The van der Waals surface area contributed by atoms with Gasteiger partial charge >= 0.3 is 0 Å². The third kappa shape index (κ3) is 1.87.